The fourth-order valence-corrected chi connectivity index (χ4v) is 2.25. The Bertz CT molecular complexity index is 685. The zero-order chi connectivity index (χ0) is 13.4. The Kier molecular flexibility index (Phi) is 2.89. The molecule has 5 heteroatoms. The average molecular weight is 260 g/mol. The van der Waals surface area contributed by atoms with E-state index in [9.17, 15) is 9.59 Å². The summed E-state index contributed by atoms with van der Waals surface area (Å²) in [6.07, 6.45) is 6.91. The largest absolute Gasteiger partial charge is 0.440 e. The number of unbranched alkanes of at least 4 members (excludes halogenated alkanes) is 1. The molecule has 0 spiro atoms. The molecule has 1 aliphatic carbocycles. The predicted octanol–water partition coefficient (Wildman–Crippen LogP) is 2.08. The lowest BCUT2D eigenvalue weighted by molar-refractivity contribution is 0.413. The van der Waals surface area contributed by atoms with Crippen LogP contribution in [0.15, 0.2) is 27.0 Å². The Morgan fingerprint density at radius 1 is 1.26 bits per heavy atom. The van der Waals surface area contributed by atoms with E-state index >= 15 is 0 Å². The number of allylic oxidation sites excluding steroid dienone is 3. The molecule has 19 heavy (non-hydrogen) atoms. The van der Waals surface area contributed by atoms with Gasteiger partial charge in [0.25, 0.3) is 5.56 Å². The number of aromatic amines is 2. The molecule has 2 aliphatic rings. The first-order valence-electron chi connectivity index (χ1n) is 6.66. The van der Waals surface area contributed by atoms with Crippen molar-refractivity contribution in [3.05, 3.63) is 43.8 Å². The van der Waals surface area contributed by atoms with E-state index in [2.05, 4.69) is 16.9 Å². The second-order valence-electron chi connectivity index (χ2n) is 4.96. The van der Waals surface area contributed by atoms with Crippen LogP contribution in [0.4, 0.5) is 0 Å². The highest BCUT2D eigenvalue weighted by Gasteiger charge is 2.26. The lowest BCUT2D eigenvalue weighted by Gasteiger charge is -2.18. The molecule has 3 rings (SSSR count). The second kappa shape index (κ2) is 4.57. The van der Waals surface area contributed by atoms with E-state index in [0.29, 0.717) is 5.56 Å². The summed E-state index contributed by atoms with van der Waals surface area (Å²) < 4.78 is 5.66. The lowest BCUT2D eigenvalue weighted by atomic mass is 9.99. The fraction of sp³-hybridized carbons (Fsp3) is 0.429. The van der Waals surface area contributed by atoms with E-state index in [1.54, 1.807) is 0 Å². The summed E-state index contributed by atoms with van der Waals surface area (Å²) in [5.74, 6) is 1.09. The molecule has 1 aromatic rings. The van der Waals surface area contributed by atoms with Gasteiger partial charge in [-0.1, -0.05) is 13.3 Å². The number of H-pyrrole nitrogens is 2. The molecule has 1 saturated carbocycles. The Morgan fingerprint density at radius 3 is 2.74 bits per heavy atom. The minimum atomic E-state index is -0.527. The molecule has 2 N–H and O–H groups in total. The third-order valence-electron chi connectivity index (χ3n) is 3.39. The minimum absolute atomic E-state index is 0.289. The predicted molar refractivity (Wildman–Crippen MR) is 72.1 cm³/mol. The third kappa shape index (κ3) is 2.28. The molecule has 0 amide bonds. The van der Waals surface area contributed by atoms with Crippen LogP contribution in [0.25, 0.3) is 5.57 Å². The monoisotopic (exact) mass is 260 g/mol. The number of ether oxygens (including phenoxy) is 1. The van der Waals surface area contributed by atoms with Gasteiger partial charge in [-0.2, -0.15) is 0 Å². The van der Waals surface area contributed by atoms with Crippen LogP contribution in [0.5, 0.6) is 5.88 Å². The van der Waals surface area contributed by atoms with Gasteiger partial charge in [0.2, 0.25) is 5.88 Å². The van der Waals surface area contributed by atoms with Crippen molar-refractivity contribution < 1.29 is 4.74 Å². The highest BCUT2D eigenvalue weighted by Crippen LogP contribution is 2.38. The first kappa shape index (κ1) is 12.0. The van der Waals surface area contributed by atoms with Crippen LogP contribution < -0.4 is 16.0 Å². The number of rotatable bonds is 3. The minimum Gasteiger partial charge on any atom is -0.440 e. The van der Waals surface area contributed by atoms with Crippen molar-refractivity contribution in [1.82, 2.24) is 9.97 Å². The molecule has 0 unspecified atom stereocenters. The number of nitrogens with one attached hydrogen (secondary N) is 2. The van der Waals surface area contributed by atoms with Gasteiger partial charge in [-0.25, -0.2) is 4.79 Å². The van der Waals surface area contributed by atoms with Gasteiger partial charge in [-0.15, -0.1) is 0 Å². The van der Waals surface area contributed by atoms with Crippen molar-refractivity contribution in [1.29, 1.82) is 0 Å². The fourth-order valence-electron chi connectivity index (χ4n) is 2.25. The summed E-state index contributed by atoms with van der Waals surface area (Å²) in [5.41, 5.74) is 1.77. The van der Waals surface area contributed by atoms with Crippen LogP contribution in [-0.2, 0) is 0 Å². The highest BCUT2D eigenvalue weighted by molar-refractivity contribution is 5.73. The molecule has 1 aromatic heterocycles. The maximum atomic E-state index is 11.9. The van der Waals surface area contributed by atoms with Gasteiger partial charge in [-0.05, 0) is 42.9 Å². The van der Waals surface area contributed by atoms with Gasteiger partial charge in [0.1, 0.15) is 11.3 Å². The highest BCUT2D eigenvalue weighted by atomic mass is 16.5. The summed E-state index contributed by atoms with van der Waals surface area (Å²) in [7, 11) is 0. The van der Waals surface area contributed by atoms with E-state index in [1.807, 2.05) is 6.08 Å². The normalized spacial score (nSPS) is 16.8. The first-order valence-corrected chi connectivity index (χ1v) is 6.66. The van der Waals surface area contributed by atoms with Gasteiger partial charge in [0.05, 0.1) is 0 Å². The van der Waals surface area contributed by atoms with Crippen LogP contribution in [0.2, 0.25) is 0 Å². The summed E-state index contributed by atoms with van der Waals surface area (Å²) in [6.45, 7) is 2.11. The topological polar surface area (TPSA) is 75.0 Å². The summed E-state index contributed by atoms with van der Waals surface area (Å²) >= 11 is 0. The maximum Gasteiger partial charge on any atom is 0.328 e. The van der Waals surface area contributed by atoms with E-state index in [0.717, 1.165) is 43.4 Å². The number of aromatic nitrogens is 2. The zero-order valence-electron chi connectivity index (χ0n) is 10.8. The molecule has 2 heterocycles. The molecule has 100 valence electrons. The second-order valence-corrected chi connectivity index (χ2v) is 4.96. The first-order chi connectivity index (χ1) is 9.19. The SMILES string of the molecule is CCCCC1=CC(=C2CC2)Oc2[nH]c(=O)[nH]c(=O)c21. The maximum absolute atomic E-state index is 11.9. The van der Waals surface area contributed by atoms with Gasteiger partial charge in [-0.3, -0.25) is 14.8 Å². The molecule has 0 saturated heterocycles. The Hall–Kier alpha value is -2.04. The molecule has 5 nitrogen and oxygen atoms in total. The average Bonchev–Trinajstić information content (AvgIpc) is 3.18. The Labute approximate surface area is 110 Å². The van der Waals surface area contributed by atoms with Crippen molar-refractivity contribution in [2.45, 2.75) is 39.0 Å². The van der Waals surface area contributed by atoms with Crippen molar-refractivity contribution in [3.8, 4) is 5.88 Å². The van der Waals surface area contributed by atoms with E-state index in [1.165, 1.54) is 5.57 Å². The van der Waals surface area contributed by atoms with Gasteiger partial charge in [0.15, 0.2) is 0 Å². The van der Waals surface area contributed by atoms with Crippen LogP contribution in [0.1, 0.15) is 44.6 Å². The van der Waals surface area contributed by atoms with Crippen molar-refractivity contribution in [2.75, 3.05) is 0 Å². The van der Waals surface area contributed by atoms with Crippen LogP contribution >= 0.6 is 0 Å². The molecule has 0 radical (unpaired) electrons. The van der Waals surface area contributed by atoms with Gasteiger partial charge >= 0.3 is 5.69 Å². The van der Waals surface area contributed by atoms with Crippen LogP contribution in [-0.4, -0.2) is 9.97 Å². The third-order valence-corrected chi connectivity index (χ3v) is 3.39. The van der Waals surface area contributed by atoms with Gasteiger partial charge in [0, 0.05) is 0 Å². The van der Waals surface area contributed by atoms with E-state index in [4.69, 9.17) is 4.74 Å². The smallest absolute Gasteiger partial charge is 0.328 e. The number of fused-ring (bicyclic) bond motifs is 1. The van der Waals surface area contributed by atoms with E-state index < -0.39 is 5.69 Å². The zero-order valence-corrected chi connectivity index (χ0v) is 10.8. The standard InChI is InChI=1S/C14H16N2O3/c1-2-3-4-9-7-10(8-5-6-8)19-13-11(9)12(17)15-14(18)16-13/h7H,2-6H2,1H3,(H2,15,16,17,18). The quantitative estimate of drug-likeness (QED) is 0.873. The summed E-state index contributed by atoms with van der Waals surface area (Å²) in [5, 5.41) is 0. The van der Waals surface area contributed by atoms with Crippen molar-refractivity contribution >= 4 is 5.57 Å². The van der Waals surface area contributed by atoms with Gasteiger partial charge < -0.3 is 4.74 Å². The Balaban J connectivity index is 2.12. The number of hydrogen-bond donors (Lipinski definition) is 2. The van der Waals surface area contributed by atoms with Crippen molar-refractivity contribution in [2.24, 2.45) is 0 Å². The van der Waals surface area contributed by atoms with E-state index in [-0.39, 0.29) is 11.4 Å². The molecular weight excluding hydrogens is 244 g/mol. The van der Waals surface area contributed by atoms with Crippen LogP contribution in [0.3, 0.4) is 0 Å². The molecule has 1 fully saturated rings. The number of hydrogen-bond acceptors (Lipinski definition) is 3. The molecule has 1 aliphatic heterocycles. The summed E-state index contributed by atoms with van der Waals surface area (Å²) in [6, 6.07) is 0. The summed E-state index contributed by atoms with van der Waals surface area (Å²) in [4.78, 5) is 28.1. The molecule has 0 bridgehead atoms. The molecular formula is C14H16N2O3. The lowest BCUT2D eigenvalue weighted by Crippen LogP contribution is -2.27. The van der Waals surface area contributed by atoms with Crippen LogP contribution in [0, 0.1) is 0 Å². The molecule has 0 aromatic carbocycles. The Morgan fingerprint density at radius 2 is 2.05 bits per heavy atom. The molecule has 0 atom stereocenters. The van der Waals surface area contributed by atoms with Crippen molar-refractivity contribution in [3.63, 3.8) is 0 Å².